The highest BCUT2D eigenvalue weighted by atomic mass is 79.9. The molecule has 23 heavy (non-hydrogen) atoms. The average Bonchev–Trinajstić information content (AvgIpc) is 2.86. The van der Waals surface area contributed by atoms with E-state index < -0.39 is 0 Å². The Morgan fingerprint density at radius 2 is 1.96 bits per heavy atom. The summed E-state index contributed by atoms with van der Waals surface area (Å²) < 4.78 is 2.69. The summed E-state index contributed by atoms with van der Waals surface area (Å²) in [6, 6.07) is 10.2. The molecule has 7 heteroatoms. The number of hydrogen-bond acceptors (Lipinski definition) is 5. The van der Waals surface area contributed by atoms with Crippen molar-refractivity contribution in [1.29, 1.82) is 0 Å². The van der Waals surface area contributed by atoms with Crippen LogP contribution < -0.4 is 11.1 Å². The van der Waals surface area contributed by atoms with Crippen molar-refractivity contribution in [1.82, 2.24) is 19.5 Å². The number of imidazole rings is 1. The second-order valence-electron chi connectivity index (χ2n) is 5.34. The number of halogens is 1. The summed E-state index contributed by atoms with van der Waals surface area (Å²) in [6.07, 6.45) is 2.18. The number of hydrogen-bond donors (Lipinski definition) is 2. The summed E-state index contributed by atoms with van der Waals surface area (Å²) in [5.74, 6) is 0.937. The summed E-state index contributed by atoms with van der Waals surface area (Å²) >= 11 is 3.50. The number of nitrogens with zero attached hydrogens (tertiary/aromatic N) is 4. The zero-order valence-electron chi connectivity index (χ0n) is 13.0. The molecule has 120 valence electrons. The third-order valence-electron chi connectivity index (χ3n) is 3.57. The van der Waals surface area contributed by atoms with Gasteiger partial charge in [-0.3, -0.25) is 4.57 Å². The van der Waals surface area contributed by atoms with Gasteiger partial charge in [0.15, 0.2) is 21.7 Å². The van der Waals surface area contributed by atoms with Gasteiger partial charge in [-0.05, 0) is 27.9 Å². The van der Waals surface area contributed by atoms with Crippen molar-refractivity contribution in [2.45, 2.75) is 26.3 Å². The lowest BCUT2D eigenvalue weighted by atomic mass is 10.2. The van der Waals surface area contributed by atoms with Crippen LogP contribution in [0.5, 0.6) is 0 Å². The van der Waals surface area contributed by atoms with Gasteiger partial charge in [-0.25, -0.2) is 4.98 Å². The summed E-state index contributed by atoms with van der Waals surface area (Å²) in [5, 5.41) is 3.22. The topological polar surface area (TPSA) is 81.6 Å². The van der Waals surface area contributed by atoms with E-state index >= 15 is 0 Å². The Hall–Kier alpha value is -2.15. The number of fused-ring (bicyclic) bond motifs is 1. The van der Waals surface area contributed by atoms with Crippen LogP contribution in [0.1, 0.15) is 25.3 Å². The summed E-state index contributed by atoms with van der Waals surface area (Å²) in [6.45, 7) is 3.64. The first-order valence-electron chi connectivity index (χ1n) is 7.66. The lowest BCUT2D eigenvalue weighted by Gasteiger charge is -2.08. The van der Waals surface area contributed by atoms with E-state index in [0.29, 0.717) is 28.6 Å². The van der Waals surface area contributed by atoms with E-state index in [1.165, 1.54) is 5.56 Å². The highest BCUT2D eigenvalue weighted by molar-refractivity contribution is 9.10. The first kappa shape index (κ1) is 15.7. The smallest absolute Gasteiger partial charge is 0.226 e. The Labute approximate surface area is 143 Å². The molecule has 3 N–H and O–H groups in total. The fraction of sp³-hybridized carbons (Fsp3) is 0.312. The van der Waals surface area contributed by atoms with Crippen molar-refractivity contribution < 1.29 is 0 Å². The predicted molar refractivity (Wildman–Crippen MR) is 96.4 cm³/mol. The molecule has 0 aliphatic rings. The zero-order chi connectivity index (χ0) is 16.2. The number of rotatable bonds is 6. The normalized spacial score (nSPS) is 11.0. The molecule has 0 saturated heterocycles. The van der Waals surface area contributed by atoms with Crippen molar-refractivity contribution in [3.05, 3.63) is 40.6 Å². The molecule has 0 aliphatic carbocycles. The molecule has 1 aromatic carbocycles. The molecule has 0 aliphatic heterocycles. The van der Waals surface area contributed by atoms with Gasteiger partial charge in [0.2, 0.25) is 5.95 Å². The van der Waals surface area contributed by atoms with Crippen molar-refractivity contribution in [3.63, 3.8) is 0 Å². The van der Waals surface area contributed by atoms with E-state index in [9.17, 15) is 0 Å². The fourth-order valence-corrected chi connectivity index (χ4v) is 2.83. The average molecular weight is 375 g/mol. The molecular formula is C16H19BrN6. The van der Waals surface area contributed by atoms with Crippen LogP contribution in [0.25, 0.3) is 11.2 Å². The van der Waals surface area contributed by atoms with Gasteiger partial charge in [0, 0.05) is 6.54 Å². The minimum atomic E-state index is 0.390. The van der Waals surface area contributed by atoms with E-state index in [1.807, 2.05) is 22.8 Å². The monoisotopic (exact) mass is 374 g/mol. The van der Waals surface area contributed by atoms with Gasteiger partial charge in [-0.15, -0.1) is 0 Å². The minimum absolute atomic E-state index is 0.390. The van der Waals surface area contributed by atoms with Crippen LogP contribution in [0, 0.1) is 0 Å². The molecule has 0 fully saturated rings. The molecule has 0 atom stereocenters. The third-order valence-corrected chi connectivity index (χ3v) is 4.18. The van der Waals surface area contributed by atoms with Gasteiger partial charge in [0.05, 0.1) is 6.54 Å². The summed E-state index contributed by atoms with van der Waals surface area (Å²) in [7, 11) is 0. The molecule has 2 heterocycles. The van der Waals surface area contributed by atoms with Gasteiger partial charge in [-0.2, -0.15) is 9.97 Å². The van der Waals surface area contributed by atoms with Gasteiger partial charge in [0.25, 0.3) is 0 Å². The second-order valence-corrected chi connectivity index (χ2v) is 6.05. The van der Waals surface area contributed by atoms with Crippen LogP contribution in [-0.2, 0) is 6.54 Å². The highest BCUT2D eigenvalue weighted by Crippen LogP contribution is 2.24. The molecular weight excluding hydrogens is 356 g/mol. The lowest BCUT2D eigenvalue weighted by molar-refractivity contribution is 0.788. The van der Waals surface area contributed by atoms with Gasteiger partial charge >= 0.3 is 0 Å². The quantitative estimate of drug-likeness (QED) is 0.510. The number of benzene rings is 1. The summed E-state index contributed by atoms with van der Waals surface area (Å²) in [5.41, 5.74) is 8.57. The maximum Gasteiger partial charge on any atom is 0.226 e. The van der Waals surface area contributed by atoms with E-state index in [-0.39, 0.29) is 0 Å². The molecule has 3 rings (SSSR count). The Morgan fingerprint density at radius 1 is 1.17 bits per heavy atom. The van der Waals surface area contributed by atoms with Crippen LogP contribution in [-0.4, -0.2) is 26.1 Å². The number of anilines is 2. The van der Waals surface area contributed by atoms with E-state index in [2.05, 4.69) is 55.3 Å². The van der Waals surface area contributed by atoms with Crippen LogP contribution in [0.3, 0.4) is 0 Å². The SMILES string of the molecule is CCCCNc1nc(N)c2nc(Br)n(Cc3ccccc3)c2n1. The Morgan fingerprint density at radius 3 is 2.70 bits per heavy atom. The lowest BCUT2D eigenvalue weighted by Crippen LogP contribution is -2.08. The number of nitrogens with one attached hydrogen (secondary N) is 1. The Balaban J connectivity index is 1.98. The standard InChI is InChI=1S/C16H19BrN6/c1-2-3-9-19-16-21-13(18)12-14(22-16)23(15(17)20-12)10-11-7-5-4-6-8-11/h4-8H,2-3,9-10H2,1H3,(H3,18,19,21,22). The number of aromatic nitrogens is 4. The second kappa shape index (κ2) is 6.95. The highest BCUT2D eigenvalue weighted by Gasteiger charge is 2.15. The zero-order valence-corrected chi connectivity index (χ0v) is 14.5. The van der Waals surface area contributed by atoms with Crippen LogP contribution >= 0.6 is 15.9 Å². The first-order valence-corrected chi connectivity index (χ1v) is 8.45. The van der Waals surface area contributed by atoms with E-state index in [0.717, 1.165) is 25.0 Å². The molecule has 0 radical (unpaired) electrons. The summed E-state index contributed by atoms with van der Waals surface area (Å²) in [4.78, 5) is 13.3. The van der Waals surface area contributed by atoms with E-state index in [1.54, 1.807) is 0 Å². The minimum Gasteiger partial charge on any atom is -0.382 e. The maximum atomic E-state index is 6.05. The van der Waals surface area contributed by atoms with Crippen LogP contribution in [0.4, 0.5) is 11.8 Å². The van der Waals surface area contributed by atoms with Crippen molar-refractivity contribution >= 4 is 38.9 Å². The number of nitrogens with two attached hydrogens (primary N) is 1. The molecule has 3 aromatic rings. The Bertz CT molecular complexity index is 799. The molecule has 0 unspecified atom stereocenters. The molecule has 0 amide bonds. The molecule has 2 aromatic heterocycles. The van der Waals surface area contributed by atoms with Gasteiger partial charge < -0.3 is 11.1 Å². The molecule has 0 spiro atoms. The Kier molecular flexibility index (Phi) is 4.76. The van der Waals surface area contributed by atoms with Crippen LogP contribution in [0.2, 0.25) is 0 Å². The van der Waals surface area contributed by atoms with Crippen molar-refractivity contribution in [2.24, 2.45) is 0 Å². The molecule has 0 bridgehead atoms. The third kappa shape index (κ3) is 3.44. The largest absolute Gasteiger partial charge is 0.382 e. The first-order chi connectivity index (χ1) is 11.2. The van der Waals surface area contributed by atoms with Crippen molar-refractivity contribution in [2.75, 3.05) is 17.6 Å². The predicted octanol–water partition coefficient (Wildman–Crippen LogP) is 3.43. The van der Waals surface area contributed by atoms with Gasteiger partial charge in [-0.1, -0.05) is 43.7 Å². The molecule has 0 saturated carbocycles. The maximum absolute atomic E-state index is 6.05. The fourth-order valence-electron chi connectivity index (χ4n) is 2.36. The van der Waals surface area contributed by atoms with E-state index in [4.69, 9.17) is 5.73 Å². The van der Waals surface area contributed by atoms with Gasteiger partial charge in [0.1, 0.15) is 0 Å². The molecule has 6 nitrogen and oxygen atoms in total. The van der Waals surface area contributed by atoms with Crippen molar-refractivity contribution in [3.8, 4) is 0 Å². The number of nitrogen functional groups attached to an aromatic ring is 1. The van der Waals surface area contributed by atoms with Crippen LogP contribution in [0.15, 0.2) is 35.1 Å². The number of unbranched alkanes of at least 4 members (excludes halogenated alkanes) is 1.